The van der Waals surface area contributed by atoms with Crippen molar-refractivity contribution in [2.45, 2.75) is 39.7 Å². The normalized spacial score (nSPS) is 12.7. The van der Waals surface area contributed by atoms with Gasteiger partial charge in [0, 0.05) is 33.3 Å². The predicted molar refractivity (Wildman–Crippen MR) is 180 cm³/mol. The van der Waals surface area contributed by atoms with E-state index >= 15 is 0 Å². The van der Waals surface area contributed by atoms with Crippen LogP contribution in [0.2, 0.25) is 0 Å². The fourth-order valence-corrected chi connectivity index (χ4v) is 5.24. The summed E-state index contributed by atoms with van der Waals surface area (Å²) in [6.45, 7) is 6.40. The maximum absolute atomic E-state index is 4.69. The molecule has 0 fully saturated rings. The number of nitrogens with zero attached hydrogens (tertiary/aromatic N) is 8. The first-order chi connectivity index (χ1) is 21.6. The van der Waals surface area contributed by atoms with Crippen molar-refractivity contribution >= 4 is 72.1 Å². The zero-order chi connectivity index (χ0) is 30.3. The van der Waals surface area contributed by atoms with Gasteiger partial charge in [-0.15, -0.1) is 35.8 Å². The molecule has 1 N–H and O–H groups in total. The number of azo groups is 3. The number of nitrogens with one attached hydrogen (secondary N) is 1. The Balaban J connectivity index is 1.23. The zero-order valence-electron chi connectivity index (χ0n) is 24.7. The van der Waals surface area contributed by atoms with Gasteiger partial charge in [0.2, 0.25) is 0 Å². The minimum absolute atomic E-state index is 0.380. The number of fused-ring (bicyclic) bond motifs is 2. The Hall–Kier alpha value is -5.22. The van der Waals surface area contributed by atoms with Crippen LogP contribution in [0.1, 0.15) is 32.2 Å². The van der Waals surface area contributed by atoms with Crippen LogP contribution in [0.3, 0.4) is 0 Å². The van der Waals surface area contributed by atoms with E-state index in [0.29, 0.717) is 22.5 Å². The van der Waals surface area contributed by atoms with Crippen LogP contribution in [0.25, 0.3) is 21.5 Å². The molecule has 6 aromatic rings. The molecule has 0 spiro atoms. The van der Waals surface area contributed by atoms with Gasteiger partial charge in [-0.2, -0.15) is 5.11 Å². The Morgan fingerprint density at radius 3 is 1.64 bits per heavy atom. The van der Waals surface area contributed by atoms with E-state index < -0.39 is 0 Å². The third-order valence-electron chi connectivity index (χ3n) is 7.19. The molecule has 0 bridgehead atoms. The number of anilines is 1. The summed E-state index contributed by atoms with van der Waals surface area (Å²) in [4.78, 5) is 0. The van der Waals surface area contributed by atoms with Crippen molar-refractivity contribution in [2.24, 2.45) is 30.7 Å². The van der Waals surface area contributed by atoms with Gasteiger partial charge >= 0.3 is 0 Å². The van der Waals surface area contributed by atoms with Gasteiger partial charge in [0.15, 0.2) is 0 Å². The van der Waals surface area contributed by atoms with Gasteiger partial charge in [0.25, 0.3) is 5.13 Å². The molecule has 0 radical (unpaired) electrons. The van der Waals surface area contributed by atoms with Crippen molar-refractivity contribution in [1.82, 2.24) is 10.2 Å². The fourth-order valence-electron chi connectivity index (χ4n) is 4.64. The van der Waals surface area contributed by atoms with Crippen LogP contribution in [0.5, 0.6) is 0 Å². The monoisotopic (exact) mass is 597 g/mol. The largest absolute Gasteiger partial charge is 0.382 e. The van der Waals surface area contributed by atoms with Crippen LogP contribution in [0.4, 0.5) is 39.3 Å². The lowest BCUT2D eigenvalue weighted by Crippen LogP contribution is -2.13. The molecule has 0 amide bonds. The highest BCUT2D eigenvalue weighted by Crippen LogP contribution is 2.37. The Kier molecular flexibility index (Phi) is 8.79. The molecule has 9 nitrogen and oxygen atoms in total. The highest BCUT2D eigenvalue weighted by Gasteiger charge is 2.09. The minimum atomic E-state index is 0.380. The number of aryl methyl sites for hydroxylation is 1. The average molecular weight is 598 g/mol. The van der Waals surface area contributed by atoms with Gasteiger partial charge in [-0.3, -0.25) is 0 Å². The number of rotatable bonds is 10. The molecule has 218 valence electrons. The molecule has 1 aromatic heterocycles. The van der Waals surface area contributed by atoms with E-state index in [1.54, 1.807) is 0 Å². The highest BCUT2D eigenvalue weighted by atomic mass is 32.1. The van der Waals surface area contributed by atoms with E-state index in [9.17, 15) is 0 Å². The highest BCUT2D eigenvalue weighted by molar-refractivity contribution is 7.14. The molecular weight excluding hydrogens is 567 g/mol. The van der Waals surface area contributed by atoms with Crippen LogP contribution in [-0.4, -0.2) is 16.2 Å². The molecule has 1 atom stereocenters. The molecule has 5 aromatic carbocycles. The summed E-state index contributed by atoms with van der Waals surface area (Å²) in [6.07, 6.45) is 1.88. The van der Waals surface area contributed by atoms with Crippen LogP contribution >= 0.6 is 11.3 Å². The molecule has 0 aliphatic heterocycles. The van der Waals surface area contributed by atoms with Crippen molar-refractivity contribution in [3.8, 4) is 0 Å². The summed E-state index contributed by atoms with van der Waals surface area (Å²) in [6, 6.07) is 32.1. The number of hydrogen-bond acceptors (Lipinski definition) is 10. The van der Waals surface area contributed by atoms with Gasteiger partial charge in [-0.1, -0.05) is 73.7 Å². The third kappa shape index (κ3) is 6.55. The number of benzene rings is 5. The second-order valence-corrected chi connectivity index (χ2v) is 11.3. The second kappa shape index (κ2) is 13.4. The summed E-state index contributed by atoms with van der Waals surface area (Å²) in [5.41, 5.74) is 4.84. The van der Waals surface area contributed by atoms with Crippen molar-refractivity contribution in [3.05, 3.63) is 102 Å². The summed E-state index contributed by atoms with van der Waals surface area (Å²) >= 11 is 1.44. The maximum Gasteiger partial charge on any atom is 0.251 e. The molecule has 44 heavy (non-hydrogen) atoms. The molecule has 1 heterocycles. The van der Waals surface area contributed by atoms with Crippen LogP contribution in [-0.2, 0) is 6.42 Å². The van der Waals surface area contributed by atoms with E-state index in [1.807, 2.05) is 79.7 Å². The van der Waals surface area contributed by atoms with Gasteiger partial charge in [-0.25, -0.2) is 0 Å². The molecule has 0 aliphatic rings. The third-order valence-corrected chi connectivity index (χ3v) is 8.14. The molecule has 0 aliphatic carbocycles. The van der Waals surface area contributed by atoms with Gasteiger partial charge < -0.3 is 5.32 Å². The number of aromatic nitrogens is 2. The van der Waals surface area contributed by atoms with E-state index in [0.717, 1.165) is 62.1 Å². The predicted octanol–water partition coefficient (Wildman–Crippen LogP) is 11.9. The molecule has 10 heteroatoms. The lowest BCUT2D eigenvalue weighted by atomic mass is 10.1. The molecule has 0 saturated heterocycles. The number of hydrogen-bond donors (Lipinski definition) is 1. The first-order valence-electron chi connectivity index (χ1n) is 14.6. The Morgan fingerprint density at radius 2 is 1.09 bits per heavy atom. The molecule has 6 rings (SSSR count). The minimum Gasteiger partial charge on any atom is -0.382 e. The van der Waals surface area contributed by atoms with Crippen molar-refractivity contribution < 1.29 is 0 Å². The molecular formula is C34H31N9S. The van der Waals surface area contributed by atoms with E-state index in [2.05, 4.69) is 84.3 Å². The van der Waals surface area contributed by atoms with Crippen LogP contribution < -0.4 is 5.32 Å². The van der Waals surface area contributed by atoms with E-state index in [-0.39, 0.29) is 0 Å². The lowest BCUT2D eigenvalue weighted by Gasteiger charge is -2.15. The van der Waals surface area contributed by atoms with Crippen molar-refractivity contribution in [1.29, 1.82) is 0 Å². The standard InChI is InChI=1S/C34H31N9S/c1-4-22(3)35-29-18-19-31(26-11-7-6-10-25(26)29)39-40-32-21-20-30(27-12-8-9-13-28(27)32)38-36-23-14-16-24(17-15-23)37-42-34-43-41-33(5-2)44-34/h6-22,35H,4-5H2,1-3H3. The first kappa shape index (κ1) is 28.9. The van der Waals surface area contributed by atoms with Crippen LogP contribution in [0, 0.1) is 0 Å². The van der Waals surface area contributed by atoms with E-state index in [4.69, 9.17) is 0 Å². The quantitative estimate of drug-likeness (QED) is 0.158. The van der Waals surface area contributed by atoms with Gasteiger partial charge in [0.05, 0.1) is 28.4 Å². The van der Waals surface area contributed by atoms with E-state index in [1.165, 1.54) is 11.3 Å². The van der Waals surface area contributed by atoms with Crippen LogP contribution in [0.15, 0.2) is 128 Å². The molecule has 0 saturated carbocycles. The Morgan fingerprint density at radius 1 is 0.591 bits per heavy atom. The smallest absolute Gasteiger partial charge is 0.251 e. The maximum atomic E-state index is 4.69. The van der Waals surface area contributed by atoms with Crippen molar-refractivity contribution in [3.63, 3.8) is 0 Å². The fraction of sp³-hybridized carbons (Fsp3) is 0.176. The Labute approximate surface area is 259 Å². The SMILES string of the molecule is CCc1nnc(N=Nc2ccc(N=Nc3ccc(N=Nc4ccc(NC(C)CC)c5ccccc45)c4ccccc34)cc2)s1. The topological polar surface area (TPSA) is 112 Å². The second-order valence-electron chi connectivity index (χ2n) is 10.2. The summed E-state index contributed by atoms with van der Waals surface area (Å²) in [5, 5.41) is 44.1. The average Bonchev–Trinajstić information content (AvgIpc) is 3.55. The summed E-state index contributed by atoms with van der Waals surface area (Å²) in [7, 11) is 0. The van der Waals surface area contributed by atoms with Gasteiger partial charge in [-0.05, 0) is 68.3 Å². The first-order valence-corrected chi connectivity index (χ1v) is 15.4. The molecule has 1 unspecified atom stereocenters. The van der Waals surface area contributed by atoms with Gasteiger partial charge in [0.1, 0.15) is 5.01 Å². The van der Waals surface area contributed by atoms with Crippen molar-refractivity contribution in [2.75, 3.05) is 5.32 Å². The lowest BCUT2D eigenvalue weighted by molar-refractivity contribution is 0.765. The summed E-state index contributed by atoms with van der Waals surface area (Å²) in [5.74, 6) is 0. The Bertz CT molecular complexity index is 1990. The zero-order valence-corrected chi connectivity index (χ0v) is 25.5. The summed E-state index contributed by atoms with van der Waals surface area (Å²) < 4.78 is 0.